The monoisotopic (exact) mass is 180 g/mol. The first-order chi connectivity index (χ1) is 1.73. The summed E-state index contributed by atoms with van der Waals surface area (Å²) in [6.07, 6.45) is 0. The van der Waals surface area contributed by atoms with Crippen LogP contribution in [0.15, 0.2) is 0 Å². The second-order valence-electron chi connectivity index (χ2n) is 0.250. The quantitative estimate of drug-likeness (QED) is 0.348. The van der Waals surface area contributed by atoms with Gasteiger partial charge in [-0.1, -0.05) is 0 Å². The Morgan fingerprint density at radius 2 is 1.00 bits per heavy atom. The van der Waals surface area contributed by atoms with Gasteiger partial charge in [-0.2, -0.15) is 0 Å². The van der Waals surface area contributed by atoms with Gasteiger partial charge < -0.3 is 26.5 Å². The standard InChI is InChI=1S/ClH.3Na.O3Si/c;;;;1-4(2)3/h1H;;;;/q;3*+1;-2/p-1. The smallest absolute Gasteiger partial charge is 1.00 e. The van der Waals surface area contributed by atoms with Gasteiger partial charge in [0.2, 0.25) is 0 Å². The molecule has 0 heterocycles. The van der Waals surface area contributed by atoms with Crippen LogP contribution in [-0.4, -0.2) is 9.17 Å². The Labute approximate surface area is 122 Å². The molecule has 0 saturated carbocycles. The van der Waals surface area contributed by atoms with Crippen molar-refractivity contribution in [3.8, 4) is 0 Å². The first kappa shape index (κ1) is 30.7. The van der Waals surface area contributed by atoms with Crippen LogP contribution in [0.2, 0.25) is 0 Å². The van der Waals surface area contributed by atoms with E-state index in [4.69, 9.17) is 14.1 Å². The molecule has 3 nitrogen and oxygen atoms in total. The maximum atomic E-state index is 8.52. The van der Waals surface area contributed by atoms with E-state index in [-0.39, 0.29) is 101 Å². The minimum Gasteiger partial charge on any atom is -1.00 e. The molecule has 0 aromatic heterocycles. The molecule has 0 aliphatic rings. The molecule has 32 valence electrons. The molecule has 0 radical (unpaired) electrons. The summed E-state index contributed by atoms with van der Waals surface area (Å²) in [5.74, 6) is 0. The molecule has 0 atom stereocenters. The van der Waals surface area contributed by atoms with Crippen LogP contribution < -0.4 is 111 Å². The van der Waals surface area contributed by atoms with Gasteiger partial charge in [-0.3, -0.25) is 0 Å². The van der Waals surface area contributed by atoms with E-state index in [1.54, 1.807) is 0 Å². The molecule has 0 rings (SSSR count). The van der Waals surface area contributed by atoms with Gasteiger partial charge in [-0.25, -0.2) is 0 Å². The van der Waals surface area contributed by atoms with Crippen molar-refractivity contribution in [1.29, 1.82) is 0 Å². The first-order valence-electron chi connectivity index (χ1n) is 0.612. The van der Waals surface area contributed by atoms with E-state index in [1.807, 2.05) is 0 Å². The summed E-state index contributed by atoms with van der Waals surface area (Å²) in [7, 11) is -3.63. The molecule has 0 unspecified atom stereocenters. The zero-order valence-corrected chi connectivity index (χ0v) is 12.9. The summed E-state index contributed by atoms with van der Waals surface area (Å²) < 4.78 is 8.52. The Bertz CT molecular complexity index is 37.5. The largest absolute Gasteiger partial charge is 1.00 e. The topological polar surface area (TPSA) is 63.2 Å². The van der Waals surface area contributed by atoms with Gasteiger partial charge in [-0.05, 0) is 0 Å². The van der Waals surface area contributed by atoms with Crippen molar-refractivity contribution in [2.45, 2.75) is 0 Å². The molecule has 8 heavy (non-hydrogen) atoms. The van der Waals surface area contributed by atoms with Crippen molar-refractivity contribution in [3.05, 3.63) is 0 Å². The van der Waals surface area contributed by atoms with Crippen LogP contribution in [-0.2, 0) is 4.46 Å². The summed E-state index contributed by atoms with van der Waals surface area (Å²) in [5, 5.41) is 0. The molecule has 0 spiro atoms. The molecule has 0 aromatic rings. The molecular formula is ClNa3O3Si. The average Bonchev–Trinajstić information content (AvgIpc) is 0.811. The van der Waals surface area contributed by atoms with Crippen molar-refractivity contribution in [1.82, 2.24) is 0 Å². The molecule has 0 aliphatic heterocycles. The fraction of sp³-hybridized carbons (Fsp3) is 0. The molecule has 8 heteroatoms. The van der Waals surface area contributed by atoms with Crippen LogP contribution in [0.25, 0.3) is 0 Å². The minimum absolute atomic E-state index is 0. The van der Waals surface area contributed by atoms with E-state index >= 15 is 0 Å². The van der Waals surface area contributed by atoms with Gasteiger partial charge in [0, 0.05) is 9.17 Å². The predicted octanol–water partition coefficient (Wildman–Crippen LogP) is -14.9. The molecule has 0 bridgehead atoms. The Kier molecular flexibility index (Phi) is 86.4. The van der Waals surface area contributed by atoms with Gasteiger partial charge in [0.1, 0.15) is 0 Å². The van der Waals surface area contributed by atoms with Gasteiger partial charge in [-0.15, -0.1) is 0 Å². The summed E-state index contributed by atoms with van der Waals surface area (Å²) in [6.45, 7) is 0. The molecular weight excluding hydrogens is 181 g/mol. The number of hydrogen-bond donors (Lipinski definition) is 0. The van der Waals surface area contributed by atoms with Crippen LogP contribution in [0.4, 0.5) is 0 Å². The van der Waals surface area contributed by atoms with Crippen LogP contribution >= 0.6 is 0 Å². The molecule has 0 aliphatic carbocycles. The van der Waals surface area contributed by atoms with E-state index in [2.05, 4.69) is 0 Å². The third kappa shape index (κ3) is 65.9. The predicted molar refractivity (Wildman–Crippen MR) is 6.44 cm³/mol. The second-order valence-corrected chi connectivity index (χ2v) is 0.750. The third-order valence-corrected chi connectivity index (χ3v) is 0. The summed E-state index contributed by atoms with van der Waals surface area (Å²) >= 11 is 0. The zero-order chi connectivity index (χ0) is 3.58. The number of rotatable bonds is 0. The minimum atomic E-state index is -3.63. The Morgan fingerprint density at radius 3 is 1.00 bits per heavy atom. The fourth-order valence-electron chi connectivity index (χ4n) is 0. The Balaban J connectivity index is -0.00000000750. The van der Waals surface area contributed by atoms with E-state index in [0.29, 0.717) is 0 Å². The van der Waals surface area contributed by atoms with Gasteiger partial charge in [0.15, 0.2) is 0 Å². The summed E-state index contributed by atoms with van der Waals surface area (Å²) in [5.41, 5.74) is 0. The first-order valence-corrected chi connectivity index (χ1v) is 1.84. The number of hydrogen-bond acceptors (Lipinski definition) is 3. The van der Waals surface area contributed by atoms with Gasteiger partial charge in [0.25, 0.3) is 0 Å². The van der Waals surface area contributed by atoms with Crippen molar-refractivity contribution < 1.29 is 115 Å². The van der Waals surface area contributed by atoms with Crippen molar-refractivity contribution in [3.63, 3.8) is 0 Å². The fourth-order valence-corrected chi connectivity index (χ4v) is 0. The van der Waals surface area contributed by atoms with Gasteiger partial charge >= 0.3 is 88.7 Å². The summed E-state index contributed by atoms with van der Waals surface area (Å²) in [6, 6.07) is 0. The van der Waals surface area contributed by atoms with Crippen LogP contribution in [0.3, 0.4) is 0 Å². The maximum absolute atomic E-state index is 8.52. The molecule has 0 fully saturated rings. The number of halogens is 1. The average molecular weight is 181 g/mol. The molecule has 0 aromatic carbocycles. The van der Waals surface area contributed by atoms with Crippen molar-refractivity contribution in [2.24, 2.45) is 0 Å². The van der Waals surface area contributed by atoms with Crippen LogP contribution in [0.5, 0.6) is 0 Å². The van der Waals surface area contributed by atoms with Crippen molar-refractivity contribution in [2.75, 3.05) is 0 Å². The maximum Gasteiger partial charge on any atom is 1.00 e. The third-order valence-electron chi connectivity index (χ3n) is 0. The van der Waals surface area contributed by atoms with E-state index in [1.165, 1.54) is 0 Å². The summed E-state index contributed by atoms with van der Waals surface area (Å²) in [4.78, 5) is 17.0. The van der Waals surface area contributed by atoms with Crippen LogP contribution in [0, 0.1) is 0 Å². The Hall–Kier alpha value is 2.91. The van der Waals surface area contributed by atoms with E-state index in [0.717, 1.165) is 0 Å². The normalized spacial score (nSPS) is 3.00. The van der Waals surface area contributed by atoms with Gasteiger partial charge in [0.05, 0.1) is 0 Å². The second kappa shape index (κ2) is 22.5. The van der Waals surface area contributed by atoms with E-state index in [9.17, 15) is 0 Å². The molecule has 0 N–H and O–H groups in total. The zero-order valence-electron chi connectivity index (χ0n) is 5.10. The molecule has 0 saturated heterocycles. The molecule has 0 amide bonds. The Morgan fingerprint density at radius 1 is 1.00 bits per heavy atom. The SMILES string of the molecule is O=[Si]([O-])[O-].[Cl-].[Na+].[Na+].[Na+]. The van der Waals surface area contributed by atoms with E-state index < -0.39 is 9.17 Å². The van der Waals surface area contributed by atoms with Crippen molar-refractivity contribution >= 4 is 9.17 Å². The van der Waals surface area contributed by atoms with Crippen LogP contribution in [0.1, 0.15) is 0 Å².